The molecule has 0 spiro atoms. The summed E-state index contributed by atoms with van der Waals surface area (Å²) in [5.41, 5.74) is 0. The molecule has 106 valence electrons. The summed E-state index contributed by atoms with van der Waals surface area (Å²) in [6.45, 7) is 1.97. The number of terminal acetylenes is 1. The molecule has 0 unspecified atom stereocenters. The van der Waals surface area contributed by atoms with Crippen molar-refractivity contribution in [3.8, 4) is 12.3 Å². The third-order valence-corrected chi connectivity index (χ3v) is 4.83. The maximum Gasteiger partial charge on any atom is 0.0868 e. The highest BCUT2D eigenvalue weighted by Gasteiger charge is 2.46. The summed E-state index contributed by atoms with van der Waals surface area (Å²) < 4.78 is 11.9. The second-order valence-electron chi connectivity index (χ2n) is 5.19. The number of alkyl halides is 1. The fraction of sp³-hybridized carbons (Fsp3) is 0.733. The van der Waals surface area contributed by atoms with Crippen LogP contribution in [0.5, 0.6) is 0 Å². The summed E-state index contributed by atoms with van der Waals surface area (Å²) in [5.74, 6) is 2.48. The van der Waals surface area contributed by atoms with Gasteiger partial charge in [-0.2, -0.15) is 0 Å². The van der Waals surface area contributed by atoms with Crippen LogP contribution in [-0.2, 0) is 9.47 Å². The minimum absolute atomic E-state index is 0.0592. The summed E-state index contributed by atoms with van der Waals surface area (Å²) >= 11 is 3.65. The Morgan fingerprint density at radius 3 is 2.63 bits per heavy atom. The monoisotopic (exact) mass is 328 g/mol. The molecule has 6 atom stereocenters. The highest BCUT2D eigenvalue weighted by molar-refractivity contribution is 9.09. The molecule has 0 saturated carbocycles. The van der Waals surface area contributed by atoms with Gasteiger partial charge in [-0.3, -0.25) is 0 Å². The average Bonchev–Trinajstić information content (AvgIpc) is 2.96. The summed E-state index contributed by atoms with van der Waals surface area (Å²) in [6, 6.07) is 0. The van der Waals surface area contributed by atoms with E-state index in [1.807, 2.05) is 13.0 Å². The lowest BCUT2D eigenvalue weighted by atomic mass is 10.0. The largest absolute Gasteiger partial charge is 0.390 e. The second kappa shape index (κ2) is 6.90. The Balaban J connectivity index is 1.81. The van der Waals surface area contributed by atoms with Crippen LogP contribution < -0.4 is 0 Å². The first-order chi connectivity index (χ1) is 9.15. The van der Waals surface area contributed by atoms with E-state index in [-0.39, 0.29) is 35.3 Å². The van der Waals surface area contributed by atoms with Crippen molar-refractivity contribution in [2.75, 3.05) is 0 Å². The number of fused-ring (bicyclic) bond motifs is 1. The number of hydrogen-bond donors (Lipinski definition) is 1. The van der Waals surface area contributed by atoms with Crippen LogP contribution in [0.25, 0.3) is 0 Å². The van der Waals surface area contributed by atoms with Crippen molar-refractivity contribution >= 4 is 15.9 Å². The van der Waals surface area contributed by atoms with Crippen LogP contribution in [0, 0.1) is 12.3 Å². The molecule has 0 aromatic heterocycles. The molecular formula is C15H21BrO3. The minimum Gasteiger partial charge on any atom is -0.390 e. The summed E-state index contributed by atoms with van der Waals surface area (Å²) in [7, 11) is 0. The van der Waals surface area contributed by atoms with Crippen molar-refractivity contribution in [1.29, 1.82) is 0 Å². The SMILES string of the molecule is C#C/C=C\C[C@H](Br)[C@@H]1C[C@@H]2O[C@H]([C@@H](O)CC)C[C@@H]2O1. The van der Waals surface area contributed by atoms with E-state index < -0.39 is 0 Å². The van der Waals surface area contributed by atoms with Crippen LogP contribution >= 0.6 is 15.9 Å². The van der Waals surface area contributed by atoms with Crippen LogP contribution in [0.1, 0.15) is 32.6 Å². The second-order valence-corrected chi connectivity index (χ2v) is 6.37. The summed E-state index contributed by atoms with van der Waals surface area (Å²) in [4.78, 5) is 0.265. The quantitative estimate of drug-likeness (QED) is 0.622. The van der Waals surface area contributed by atoms with E-state index in [0.29, 0.717) is 0 Å². The van der Waals surface area contributed by atoms with Crippen molar-refractivity contribution in [1.82, 2.24) is 0 Å². The lowest BCUT2D eigenvalue weighted by Gasteiger charge is -2.21. The van der Waals surface area contributed by atoms with Crippen LogP contribution in [-0.4, -0.2) is 40.5 Å². The molecule has 0 radical (unpaired) electrons. The van der Waals surface area contributed by atoms with Gasteiger partial charge < -0.3 is 14.6 Å². The van der Waals surface area contributed by atoms with Gasteiger partial charge in [-0.15, -0.1) is 6.42 Å². The van der Waals surface area contributed by atoms with Gasteiger partial charge >= 0.3 is 0 Å². The number of aliphatic hydroxyl groups excluding tert-OH is 1. The molecule has 3 nitrogen and oxygen atoms in total. The Bertz CT molecular complexity index is 349. The molecule has 19 heavy (non-hydrogen) atoms. The number of hydrogen-bond acceptors (Lipinski definition) is 3. The van der Waals surface area contributed by atoms with E-state index in [1.54, 1.807) is 6.08 Å². The molecule has 2 aliphatic heterocycles. The summed E-state index contributed by atoms with van der Waals surface area (Å²) in [6.07, 6.45) is 12.1. The van der Waals surface area contributed by atoms with Gasteiger partial charge in [-0.05, 0) is 18.9 Å². The lowest BCUT2D eigenvalue weighted by molar-refractivity contribution is -0.0355. The van der Waals surface area contributed by atoms with Crippen LogP contribution in [0.4, 0.5) is 0 Å². The molecule has 4 heteroatoms. The predicted molar refractivity (Wildman–Crippen MR) is 78.2 cm³/mol. The van der Waals surface area contributed by atoms with Crippen molar-refractivity contribution in [2.45, 2.75) is 68.0 Å². The summed E-state index contributed by atoms with van der Waals surface area (Å²) in [5, 5.41) is 9.81. The van der Waals surface area contributed by atoms with E-state index in [9.17, 15) is 5.11 Å². The average molecular weight is 329 g/mol. The first-order valence-electron chi connectivity index (χ1n) is 6.89. The topological polar surface area (TPSA) is 38.7 Å². The molecule has 0 bridgehead atoms. The number of rotatable bonds is 5. The van der Waals surface area contributed by atoms with E-state index >= 15 is 0 Å². The van der Waals surface area contributed by atoms with Gasteiger partial charge in [0, 0.05) is 17.7 Å². The Kier molecular flexibility index (Phi) is 5.47. The van der Waals surface area contributed by atoms with Gasteiger partial charge in [0.2, 0.25) is 0 Å². The van der Waals surface area contributed by atoms with Gasteiger partial charge in [-0.1, -0.05) is 34.9 Å². The smallest absolute Gasteiger partial charge is 0.0868 e. The Hall–Kier alpha value is -0.340. The molecule has 2 aliphatic rings. The molecule has 0 amide bonds. The molecule has 0 aliphatic carbocycles. The highest BCUT2D eigenvalue weighted by atomic mass is 79.9. The number of ether oxygens (including phenoxy) is 2. The van der Waals surface area contributed by atoms with E-state index in [0.717, 1.165) is 25.7 Å². The molecule has 2 saturated heterocycles. The third-order valence-electron chi connectivity index (χ3n) is 3.87. The zero-order valence-electron chi connectivity index (χ0n) is 11.2. The zero-order chi connectivity index (χ0) is 13.8. The Morgan fingerprint density at radius 2 is 2.00 bits per heavy atom. The Morgan fingerprint density at radius 1 is 1.37 bits per heavy atom. The maximum atomic E-state index is 9.81. The van der Waals surface area contributed by atoms with E-state index in [2.05, 4.69) is 21.9 Å². The van der Waals surface area contributed by atoms with Gasteiger partial charge in [0.25, 0.3) is 0 Å². The first-order valence-corrected chi connectivity index (χ1v) is 7.81. The highest BCUT2D eigenvalue weighted by Crippen LogP contribution is 2.38. The molecule has 2 heterocycles. The van der Waals surface area contributed by atoms with Crippen LogP contribution in [0.3, 0.4) is 0 Å². The normalized spacial score (nSPS) is 37.2. The van der Waals surface area contributed by atoms with E-state index in [4.69, 9.17) is 15.9 Å². The van der Waals surface area contributed by atoms with Crippen molar-refractivity contribution in [2.24, 2.45) is 0 Å². The fourth-order valence-electron chi connectivity index (χ4n) is 2.77. The minimum atomic E-state index is -0.369. The fourth-order valence-corrected chi connectivity index (χ4v) is 3.33. The lowest BCUT2D eigenvalue weighted by Crippen LogP contribution is -2.28. The molecule has 0 aromatic carbocycles. The Labute approximate surface area is 123 Å². The molecule has 1 N–H and O–H groups in total. The van der Waals surface area contributed by atoms with Gasteiger partial charge in [-0.25, -0.2) is 0 Å². The molecule has 2 fully saturated rings. The molecule has 0 aromatic rings. The third kappa shape index (κ3) is 3.61. The standard InChI is InChI=1S/C15H21BrO3/c1-3-5-6-7-10(16)12-8-14-15(18-12)9-13(19-14)11(17)4-2/h1,5-6,10-15,17H,4,7-9H2,2H3/b6-5-/t10-,11-,12-,13-,14-,15-/m0/s1. The number of aliphatic hydroxyl groups is 1. The first kappa shape index (κ1) is 15.1. The van der Waals surface area contributed by atoms with E-state index in [1.165, 1.54) is 0 Å². The van der Waals surface area contributed by atoms with Gasteiger partial charge in [0.15, 0.2) is 0 Å². The van der Waals surface area contributed by atoms with Gasteiger partial charge in [0.05, 0.1) is 30.5 Å². The number of allylic oxidation sites excluding steroid dienone is 2. The van der Waals surface area contributed by atoms with Crippen molar-refractivity contribution in [3.05, 3.63) is 12.2 Å². The van der Waals surface area contributed by atoms with Gasteiger partial charge in [0.1, 0.15) is 0 Å². The maximum absolute atomic E-state index is 9.81. The molecule has 2 rings (SSSR count). The predicted octanol–water partition coefficient (Wildman–Crippen LogP) is 2.42. The molecular weight excluding hydrogens is 308 g/mol. The number of halogens is 1. The zero-order valence-corrected chi connectivity index (χ0v) is 12.8. The van der Waals surface area contributed by atoms with Crippen LogP contribution in [0.2, 0.25) is 0 Å². The van der Waals surface area contributed by atoms with Crippen molar-refractivity contribution in [3.63, 3.8) is 0 Å². The van der Waals surface area contributed by atoms with Crippen LogP contribution in [0.15, 0.2) is 12.2 Å². The van der Waals surface area contributed by atoms with Crippen molar-refractivity contribution < 1.29 is 14.6 Å².